The third-order valence-electron chi connectivity index (χ3n) is 1.11. The lowest BCUT2D eigenvalue weighted by Gasteiger charge is -1.92. The fraction of sp³-hybridized carbons (Fsp3) is 0. The van der Waals surface area contributed by atoms with Gasteiger partial charge in [-0.1, -0.05) is 6.07 Å². The van der Waals surface area contributed by atoms with Gasteiger partial charge in [0.2, 0.25) is 0 Å². The number of nitrogens with two attached hydrogens (primary N) is 1. The zero-order chi connectivity index (χ0) is 8.10. The molecule has 0 radical (unpaired) electrons. The van der Waals surface area contributed by atoms with E-state index in [9.17, 15) is 0 Å². The summed E-state index contributed by atoms with van der Waals surface area (Å²) in [6, 6.07) is 5.22. The molecule has 4 nitrogen and oxygen atoms in total. The highest BCUT2D eigenvalue weighted by molar-refractivity contribution is 5.74. The van der Waals surface area contributed by atoms with Gasteiger partial charge in [-0.25, -0.2) is 9.98 Å². The number of nitrogens with zero attached hydrogens (tertiary/aromatic N) is 2. The molecule has 0 amide bonds. The van der Waals surface area contributed by atoms with E-state index in [2.05, 4.69) is 9.98 Å². The molecule has 0 bridgehead atoms. The predicted octanol–water partition coefficient (Wildman–Crippen LogP) is 0.698. The number of pyridine rings is 1. The molecule has 0 unspecified atom stereocenters. The maximum atomic E-state index is 6.90. The second-order valence-corrected chi connectivity index (χ2v) is 1.84. The molecule has 0 saturated heterocycles. The first-order valence-electron chi connectivity index (χ1n) is 3.08. The SMILES string of the molecule is N=Cc1cccc(N=CN)n1. The molecule has 0 spiro atoms. The fourth-order valence-corrected chi connectivity index (χ4v) is 0.668. The summed E-state index contributed by atoms with van der Waals surface area (Å²) in [6.07, 6.45) is 2.34. The summed E-state index contributed by atoms with van der Waals surface area (Å²) in [4.78, 5) is 7.71. The Balaban J connectivity index is 3.00. The summed E-state index contributed by atoms with van der Waals surface area (Å²) < 4.78 is 0. The van der Waals surface area contributed by atoms with E-state index >= 15 is 0 Å². The largest absolute Gasteiger partial charge is 0.390 e. The van der Waals surface area contributed by atoms with Crippen LogP contribution in [0.2, 0.25) is 0 Å². The van der Waals surface area contributed by atoms with Crippen molar-refractivity contribution in [3.8, 4) is 0 Å². The standard InChI is InChI=1S/C7H8N4/c8-4-6-2-1-3-7(11-6)10-5-9/h1-5,8H,(H2,9,10,11). The molecule has 1 aromatic rings. The number of rotatable bonds is 2. The van der Waals surface area contributed by atoms with Gasteiger partial charge in [0.1, 0.15) is 0 Å². The van der Waals surface area contributed by atoms with Crippen molar-refractivity contribution in [1.29, 1.82) is 5.41 Å². The predicted molar refractivity (Wildman–Crippen MR) is 44.5 cm³/mol. The van der Waals surface area contributed by atoms with Crippen LogP contribution in [0.25, 0.3) is 0 Å². The van der Waals surface area contributed by atoms with Crippen molar-refractivity contribution in [2.75, 3.05) is 0 Å². The lowest BCUT2D eigenvalue weighted by Crippen LogP contribution is -1.89. The van der Waals surface area contributed by atoms with Crippen molar-refractivity contribution in [2.24, 2.45) is 10.7 Å². The Hall–Kier alpha value is -1.71. The highest BCUT2D eigenvalue weighted by Gasteiger charge is 1.89. The molecule has 0 aliphatic rings. The lowest BCUT2D eigenvalue weighted by atomic mass is 10.4. The van der Waals surface area contributed by atoms with Crippen LogP contribution in [-0.4, -0.2) is 17.5 Å². The van der Waals surface area contributed by atoms with Crippen LogP contribution < -0.4 is 5.73 Å². The Kier molecular flexibility index (Phi) is 2.32. The summed E-state index contributed by atoms with van der Waals surface area (Å²) in [5.74, 6) is 0.522. The maximum absolute atomic E-state index is 6.90. The van der Waals surface area contributed by atoms with Crippen molar-refractivity contribution >= 4 is 18.4 Å². The van der Waals surface area contributed by atoms with Gasteiger partial charge in [-0.2, -0.15) is 0 Å². The number of hydrogen-bond donors (Lipinski definition) is 2. The summed E-state index contributed by atoms with van der Waals surface area (Å²) in [6.45, 7) is 0. The minimum Gasteiger partial charge on any atom is -0.390 e. The molecule has 4 heteroatoms. The van der Waals surface area contributed by atoms with Crippen LogP contribution in [0.15, 0.2) is 23.2 Å². The number of aromatic nitrogens is 1. The van der Waals surface area contributed by atoms with Crippen LogP contribution >= 0.6 is 0 Å². The second kappa shape index (κ2) is 3.46. The third-order valence-corrected chi connectivity index (χ3v) is 1.11. The molecule has 0 aliphatic heterocycles. The Morgan fingerprint density at radius 1 is 1.55 bits per heavy atom. The third kappa shape index (κ3) is 1.86. The Morgan fingerprint density at radius 3 is 3.00 bits per heavy atom. The first-order valence-corrected chi connectivity index (χ1v) is 3.08. The topological polar surface area (TPSA) is 75.1 Å². The minimum absolute atomic E-state index is 0.522. The smallest absolute Gasteiger partial charge is 0.154 e. The first kappa shape index (κ1) is 7.40. The van der Waals surface area contributed by atoms with Crippen molar-refractivity contribution in [3.05, 3.63) is 23.9 Å². The number of nitrogens with one attached hydrogen (secondary N) is 1. The van der Waals surface area contributed by atoms with E-state index in [0.717, 1.165) is 6.21 Å². The van der Waals surface area contributed by atoms with E-state index in [1.54, 1.807) is 18.2 Å². The van der Waals surface area contributed by atoms with E-state index in [1.165, 1.54) is 6.34 Å². The molecule has 11 heavy (non-hydrogen) atoms. The summed E-state index contributed by atoms with van der Waals surface area (Å²) in [5, 5.41) is 6.90. The molecule has 0 aromatic carbocycles. The molecule has 0 saturated carbocycles. The monoisotopic (exact) mass is 148 g/mol. The zero-order valence-electron chi connectivity index (χ0n) is 5.86. The molecular weight excluding hydrogens is 140 g/mol. The van der Waals surface area contributed by atoms with Gasteiger partial charge in [-0.3, -0.25) is 0 Å². The van der Waals surface area contributed by atoms with E-state index in [0.29, 0.717) is 11.5 Å². The van der Waals surface area contributed by atoms with E-state index < -0.39 is 0 Å². The van der Waals surface area contributed by atoms with Crippen LogP contribution in [0, 0.1) is 5.41 Å². The van der Waals surface area contributed by atoms with Crippen molar-refractivity contribution < 1.29 is 0 Å². The van der Waals surface area contributed by atoms with Crippen LogP contribution in [-0.2, 0) is 0 Å². The molecule has 1 aromatic heterocycles. The van der Waals surface area contributed by atoms with Crippen LogP contribution in [0.5, 0.6) is 0 Å². The summed E-state index contributed by atoms with van der Waals surface area (Å²) in [5.41, 5.74) is 5.64. The highest BCUT2D eigenvalue weighted by atomic mass is 14.9. The lowest BCUT2D eigenvalue weighted by molar-refractivity contribution is 1.25. The Labute approximate surface area is 64.3 Å². The average Bonchev–Trinajstić information content (AvgIpc) is 2.06. The molecule has 0 fully saturated rings. The maximum Gasteiger partial charge on any atom is 0.154 e. The highest BCUT2D eigenvalue weighted by Crippen LogP contribution is 2.05. The van der Waals surface area contributed by atoms with Crippen molar-refractivity contribution in [3.63, 3.8) is 0 Å². The van der Waals surface area contributed by atoms with Crippen molar-refractivity contribution in [1.82, 2.24) is 4.98 Å². The van der Waals surface area contributed by atoms with Gasteiger partial charge in [-0.05, 0) is 12.1 Å². The molecule has 1 heterocycles. The van der Waals surface area contributed by atoms with Gasteiger partial charge in [0.05, 0.1) is 12.0 Å². The van der Waals surface area contributed by atoms with E-state index in [-0.39, 0.29) is 0 Å². The molecule has 1 rings (SSSR count). The van der Waals surface area contributed by atoms with Crippen LogP contribution in [0.1, 0.15) is 5.69 Å². The quantitative estimate of drug-likeness (QED) is 0.478. The normalized spacial score (nSPS) is 10.2. The molecule has 0 aliphatic carbocycles. The van der Waals surface area contributed by atoms with Crippen molar-refractivity contribution in [2.45, 2.75) is 0 Å². The van der Waals surface area contributed by atoms with Crippen LogP contribution in [0.4, 0.5) is 5.82 Å². The van der Waals surface area contributed by atoms with Gasteiger partial charge < -0.3 is 11.1 Å². The molecule has 0 atom stereocenters. The van der Waals surface area contributed by atoms with Gasteiger partial charge in [0, 0.05) is 6.21 Å². The van der Waals surface area contributed by atoms with Gasteiger partial charge in [-0.15, -0.1) is 0 Å². The fourth-order valence-electron chi connectivity index (χ4n) is 0.668. The summed E-state index contributed by atoms with van der Waals surface area (Å²) >= 11 is 0. The number of aliphatic imine (C=N–C) groups is 1. The Bertz CT molecular complexity index is 280. The number of hydrogen-bond acceptors (Lipinski definition) is 3. The molecular formula is C7H8N4. The first-order chi connectivity index (χ1) is 5.36. The molecule has 56 valence electrons. The second-order valence-electron chi connectivity index (χ2n) is 1.84. The summed E-state index contributed by atoms with van der Waals surface area (Å²) in [7, 11) is 0. The minimum atomic E-state index is 0.522. The van der Waals surface area contributed by atoms with Gasteiger partial charge >= 0.3 is 0 Å². The molecule has 3 N–H and O–H groups in total. The van der Waals surface area contributed by atoms with Gasteiger partial charge in [0.25, 0.3) is 0 Å². The zero-order valence-corrected chi connectivity index (χ0v) is 5.86. The Morgan fingerprint density at radius 2 is 2.36 bits per heavy atom. The van der Waals surface area contributed by atoms with E-state index in [4.69, 9.17) is 11.1 Å². The van der Waals surface area contributed by atoms with E-state index in [1.807, 2.05) is 0 Å². The van der Waals surface area contributed by atoms with Gasteiger partial charge in [0.15, 0.2) is 5.82 Å². The van der Waals surface area contributed by atoms with Crippen LogP contribution in [0.3, 0.4) is 0 Å². The average molecular weight is 148 g/mol.